The Morgan fingerprint density at radius 3 is 2.08 bits per heavy atom. The van der Waals surface area contributed by atoms with Gasteiger partial charge in [0.05, 0.1) is 22.3 Å². The number of nitrogens with one attached hydrogen (secondary N) is 2. The number of carboxylic acids is 1. The van der Waals surface area contributed by atoms with Crippen LogP contribution in [0.4, 0.5) is 16.2 Å². The number of nitrogens with zero attached hydrogens (tertiary/aromatic N) is 2. The van der Waals surface area contributed by atoms with E-state index < -0.39 is 5.97 Å². The molecule has 0 atom stereocenters. The molecule has 0 aliphatic heterocycles. The molecule has 0 aliphatic rings. The average molecular weight is 515 g/mol. The van der Waals surface area contributed by atoms with Crippen molar-refractivity contribution in [2.45, 2.75) is 6.42 Å². The van der Waals surface area contributed by atoms with Crippen molar-refractivity contribution in [1.29, 1.82) is 0 Å². The maximum Gasteiger partial charge on any atom is 0.323 e. The maximum absolute atomic E-state index is 12.3. The molecule has 36 heavy (non-hydrogen) atoms. The van der Waals surface area contributed by atoms with Gasteiger partial charge in [-0.05, 0) is 47.5 Å². The summed E-state index contributed by atoms with van der Waals surface area (Å²) in [6.45, 7) is 0. The van der Waals surface area contributed by atoms with Gasteiger partial charge >= 0.3 is 12.0 Å². The van der Waals surface area contributed by atoms with E-state index in [2.05, 4.69) is 20.6 Å². The third-order valence-corrected chi connectivity index (χ3v) is 6.72. The van der Waals surface area contributed by atoms with Gasteiger partial charge < -0.3 is 15.7 Å². The van der Waals surface area contributed by atoms with Crippen LogP contribution in [0.1, 0.15) is 5.56 Å². The highest BCUT2D eigenvalue weighted by Gasteiger charge is 2.14. The molecule has 178 valence electrons. The Kier molecular flexibility index (Phi) is 6.62. The molecule has 3 aromatic carbocycles. The Bertz CT molecular complexity index is 1550. The van der Waals surface area contributed by atoms with Crippen molar-refractivity contribution in [3.63, 3.8) is 0 Å². The number of hydrogen-bond donors (Lipinski definition) is 3. The maximum atomic E-state index is 12.3. The van der Waals surface area contributed by atoms with Crippen molar-refractivity contribution in [2.75, 3.05) is 10.6 Å². The summed E-state index contributed by atoms with van der Waals surface area (Å²) >= 11 is 7.43. The Morgan fingerprint density at radius 2 is 1.44 bits per heavy atom. The van der Waals surface area contributed by atoms with Crippen LogP contribution in [0.15, 0.2) is 84.5 Å². The van der Waals surface area contributed by atoms with Crippen molar-refractivity contribution in [3.05, 3.63) is 95.1 Å². The first-order valence-electron chi connectivity index (χ1n) is 10.9. The van der Waals surface area contributed by atoms with E-state index in [1.807, 2.05) is 53.9 Å². The second kappa shape index (κ2) is 10.2. The first kappa shape index (κ1) is 23.5. The van der Waals surface area contributed by atoms with Crippen LogP contribution < -0.4 is 10.6 Å². The van der Waals surface area contributed by atoms with Crippen molar-refractivity contribution in [1.82, 2.24) is 9.97 Å². The molecular weight excluding hydrogens is 496 g/mol. The fraction of sp³-hybridized carbons (Fsp3) is 0.0370. The number of hydrogen-bond acceptors (Lipinski definition) is 5. The molecule has 2 aromatic heterocycles. The standard InChI is InChI=1S/C27H19ClN4O3S/c28-19-7-11-21(12-8-19)32-27(35)31-20-9-5-18(6-10-20)24-26-25(30-15-29-24)22(14-36-26)17-3-1-16(2-4-17)13-23(33)34/h1-12,14-15H,13H2,(H,33,34)(H2,31,32,35). The monoisotopic (exact) mass is 514 g/mol. The molecule has 3 N–H and O–H groups in total. The summed E-state index contributed by atoms with van der Waals surface area (Å²) in [5.41, 5.74) is 6.50. The smallest absolute Gasteiger partial charge is 0.323 e. The molecule has 0 bridgehead atoms. The molecule has 7 nitrogen and oxygen atoms in total. The van der Waals surface area contributed by atoms with Crippen LogP contribution >= 0.6 is 22.9 Å². The third-order valence-electron chi connectivity index (χ3n) is 5.49. The van der Waals surface area contributed by atoms with Crippen molar-refractivity contribution >= 4 is 56.5 Å². The fourth-order valence-corrected chi connectivity index (χ4v) is 4.94. The number of rotatable bonds is 6. The van der Waals surface area contributed by atoms with Gasteiger partial charge in [0.1, 0.15) is 6.33 Å². The van der Waals surface area contributed by atoms with Gasteiger partial charge in [-0.3, -0.25) is 4.79 Å². The molecule has 0 spiro atoms. The number of aliphatic carboxylic acids is 1. The number of amides is 2. The molecule has 0 saturated carbocycles. The molecule has 0 fully saturated rings. The number of thiophene rings is 1. The molecule has 0 radical (unpaired) electrons. The first-order valence-corrected chi connectivity index (χ1v) is 12.2. The van der Waals surface area contributed by atoms with E-state index in [-0.39, 0.29) is 12.5 Å². The highest BCUT2D eigenvalue weighted by molar-refractivity contribution is 7.18. The lowest BCUT2D eigenvalue weighted by molar-refractivity contribution is -0.136. The van der Waals surface area contributed by atoms with Gasteiger partial charge in [0.15, 0.2) is 0 Å². The van der Waals surface area contributed by atoms with Crippen molar-refractivity contribution in [2.24, 2.45) is 0 Å². The SMILES string of the molecule is O=C(O)Cc1ccc(-c2csc3c(-c4ccc(NC(=O)Nc5ccc(Cl)cc5)cc4)ncnc23)cc1. The summed E-state index contributed by atoms with van der Waals surface area (Å²) in [7, 11) is 0. The molecular formula is C27H19ClN4O3S. The predicted octanol–water partition coefficient (Wildman–Crippen LogP) is 6.95. The van der Waals surface area contributed by atoms with E-state index >= 15 is 0 Å². The van der Waals surface area contributed by atoms with Gasteiger partial charge in [-0.15, -0.1) is 11.3 Å². The highest BCUT2D eigenvalue weighted by Crippen LogP contribution is 2.37. The number of fused-ring (bicyclic) bond motifs is 1. The second-order valence-electron chi connectivity index (χ2n) is 7.98. The van der Waals surface area contributed by atoms with Crippen molar-refractivity contribution in [3.8, 4) is 22.4 Å². The lowest BCUT2D eigenvalue weighted by atomic mass is 10.0. The largest absolute Gasteiger partial charge is 0.481 e. The number of benzene rings is 3. The zero-order valence-electron chi connectivity index (χ0n) is 18.7. The highest BCUT2D eigenvalue weighted by atomic mass is 35.5. The minimum atomic E-state index is -0.857. The van der Waals surface area contributed by atoms with Crippen LogP contribution in [-0.2, 0) is 11.2 Å². The van der Waals surface area contributed by atoms with Crippen LogP contribution in [0.2, 0.25) is 5.02 Å². The molecule has 0 aliphatic carbocycles. The number of anilines is 2. The summed E-state index contributed by atoms with van der Waals surface area (Å²) < 4.78 is 0.948. The van der Waals surface area contributed by atoms with E-state index in [0.29, 0.717) is 16.4 Å². The molecule has 5 rings (SSSR count). The van der Waals surface area contributed by atoms with Crippen LogP contribution in [0.5, 0.6) is 0 Å². The molecule has 0 saturated heterocycles. The molecule has 5 aromatic rings. The molecule has 2 amide bonds. The third kappa shape index (κ3) is 5.19. The van der Waals surface area contributed by atoms with E-state index in [4.69, 9.17) is 16.7 Å². The van der Waals surface area contributed by atoms with Crippen molar-refractivity contribution < 1.29 is 14.7 Å². The molecule has 2 heterocycles. The first-order chi connectivity index (χ1) is 17.5. The molecule has 9 heteroatoms. The Balaban J connectivity index is 1.34. The Hall–Kier alpha value is -4.27. The number of carbonyl (C=O) groups is 2. The van der Waals surface area contributed by atoms with Gasteiger partial charge in [0, 0.05) is 32.9 Å². The normalized spacial score (nSPS) is 10.8. The van der Waals surface area contributed by atoms with E-state index in [9.17, 15) is 9.59 Å². The Labute approximate surface area is 215 Å². The number of halogens is 1. The topological polar surface area (TPSA) is 104 Å². The zero-order chi connectivity index (χ0) is 25.1. The molecule has 0 unspecified atom stereocenters. The van der Waals surface area contributed by atoms with Gasteiger partial charge in [0.25, 0.3) is 0 Å². The minimum Gasteiger partial charge on any atom is -0.481 e. The summed E-state index contributed by atoms with van der Waals surface area (Å²) in [6.07, 6.45) is 1.53. The van der Waals surface area contributed by atoms with Gasteiger partial charge in [-0.1, -0.05) is 48.0 Å². The van der Waals surface area contributed by atoms with Crippen LogP contribution in [0, 0.1) is 0 Å². The summed E-state index contributed by atoms with van der Waals surface area (Å²) in [4.78, 5) is 32.3. The predicted molar refractivity (Wildman–Crippen MR) is 144 cm³/mol. The average Bonchev–Trinajstić information content (AvgIpc) is 3.30. The summed E-state index contributed by atoms with van der Waals surface area (Å²) in [5, 5.41) is 17.2. The minimum absolute atomic E-state index is 0.00930. The number of carbonyl (C=O) groups excluding carboxylic acids is 1. The number of urea groups is 1. The summed E-state index contributed by atoms with van der Waals surface area (Å²) in [6, 6.07) is 21.4. The van der Waals surface area contributed by atoms with E-state index in [0.717, 1.165) is 38.2 Å². The Morgan fingerprint density at radius 1 is 0.833 bits per heavy atom. The van der Waals surface area contributed by atoms with Crippen LogP contribution in [0.25, 0.3) is 32.6 Å². The second-order valence-corrected chi connectivity index (χ2v) is 9.30. The number of aromatic nitrogens is 2. The fourth-order valence-electron chi connectivity index (χ4n) is 3.78. The van der Waals surface area contributed by atoms with E-state index in [1.54, 1.807) is 41.9 Å². The van der Waals surface area contributed by atoms with E-state index in [1.165, 1.54) is 0 Å². The van der Waals surface area contributed by atoms with Gasteiger partial charge in [-0.2, -0.15) is 0 Å². The van der Waals surface area contributed by atoms with Gasteiger partial charge in [0.2, 0.25) is 0 Å². The van der Waals surface area contributed by atoms with Crippen LogP contribution in [-0.4, -0.2) is 27.1 Å². The lowest BCUT2D eigenvalue weighted by Crippen LogP contribution is -2.19. The quantitative estimate of drug-likeness (QED) is 0.227. The van der Waals surface area contributed by atoms with Crippen LogP contribution in [0.3, 0.4) is 0 Å². The zero-order valence-corrected chi connectivity index (χ0v) is 20.3. The summed E-state index contributed by atoms with van der Waals surface area (Å²) in [5.74, 6) is -0.857. The van der Waals surface area contributed by atoms with Gasteiger partial charge in [-0.25, -0.2) is 14.8 Å². The lowest BCUT2D eigenvalue weighted by Gasteiger charge is -2.09. The number of carboxylic acid groups (broad SMARTS) is 1.